The maximum absolute atomic E-state index is 9.74. The van der Waals surface area contributed by atoms with Gasteiger partial charge in [0.25, 0.3) is 0 Å². The Labute approximate surface area is 42.3 Å². The van der Waals surface area contributed by atoms with Crippen LogP contribution in [0.25, 0.3) is 0 Å². The molecule has 0 aliphatic rings. The fourth-order valence-electron chi connectivity index (χ4n) is 0.0873. The Hall–Kier alpha value is -0.830. The van der Waals surface area contributed by atoms with E-state index in [9.17, 15) is 4.79 Å². The third-order valence-corrected chi connectivity index (χ3v) is 0.412. The van der Waals surface area contributed by atoms with Crippen LogP contribution in [-0.2, 0) is 4.79 Å². The number of hydrogen-bond donors (Lipinski definition) is 2. The molecule has 0 aromatic rings. The van der Waals surface area contributed by atoms with E-state index >= 15 is 0 Å². The van der Waals surface area contributed by atoms with E-state index in [0.717, 1.165) is 0 Å². The molecule has 0 amide bonds. The SMILES string of the molecule is [2H][C@](O)(C=C)C(=O)O. The van der Waals surface area contributed by atoms with Gasteiger partial charge < -0.3 is 10.2 Å². The summed E-state index contributed by atoms with van der Waals surface area (Å²) in [6.45, 7) is 2.94. The van der Waals surface area contributed by atoms with Gasteiger partial charge in [-0.2, -0.15) is 0 Å². The predicted octanol–water partition coefficient (Wildman–Crippen LogP) is -0.382. The van der Waals surface area contributed by atoms with E-state index < -0.39 is 12.0 Å². The highest BCUT2D eigenvalue weighted by Crippen LogP contribution is 1.79. The van der Waals surface area contributed by atoms with E-state index in [1.54, 1.807) is 0 Å². The summed E-state index contributed by atoms with van der Waals surface area (Å²) in [6, 6.07) is 0. The van der Waals surface area contributed by atoms with Gasteiger partial charge in [-0.25, -0.2) is 4.79 Å². The van der Waals surface area contributed by atoms with Gasteiger partial charge in [0.15, 0.2) is 6.08 Å². The first-order valence-corrected chi connectivity index (χ1v) is 1.60. The number of hydrogen-bond acceptors (Lipinski definition) is 2. The Morgan fingerprint density at radius 3 is 2.57 bits per heavy atom. The Morgan fingerprint density at radius 1 is 2.14 bits per heavy atom. The maximum Gasteiger partial charge on any atom is 0.336 e. The highest BCUT2D eigenvalue weighted by molar-refractivity contribution is 5.73. The number of carbonyl (C=O) groups is 1. The molecular weight excluding hydrogens is 96.0 g/mol. The van der Waals surface area contributed by atoms with Crippen LogP contribution < -0.4 is 0 Å². The minimum atomic E-state index is -2.53. The van der Waals surface area contributed by atoms with Gasteiger partial charge in [-0.3, -0.25) is 0 Å². The zero-order valence-corrected chi connectivity index (χ0v) is 3.59. The molecule has 3 nitrogen and oxygen atoms in total. The molecule has 7 heavy (non-hydrogen) atoms. The molecule has 0 fully saturated rings. The van der Waals surface area contributed by atoms with Crippen molar-refractivity contribution in [3.05, 3.63) is 12.7 Å². The van der Waals surface area contributed by atoms with Crippen LogP contribution in [0.15, 0.2) is 12.7 Å². The number of rotatable bonds is 2. The van der Waals surface area contributed by atoms with Crippen LogP contribution in [0.4, 0.5) is 0 Å². The first kappa shape index (κ1) is 4.33. The lowest BCUT2D eigenvalue weighted by molar-refractivity contribution is -0.144. The van der Waals surface area contributed by atoms with Crippen molar-refractivity contribution in [2.24, 2.45) is 0 Å². The fourth-order valence-corrected chi connectivity index (χ4v) is 0.0873. The van der Waals surface area contributed by atoms with Crippen LogP contribution in [0.1, 0.15) is 1.37 Å². The lowest BCUT2D eigenvalue weighted by Gasteiger charge is -1.91. The van der Waals surface area contributed by atoms with Crippen LogP contribution in [0.5, 0.6) is 0 Å². The van der Waals surface area contributed by atoms with Crippen molar-refractivity contribution in [2.75, 3.05) is 0 Å². The highest BCUT2D eigenvalue weighted by Gasteiger charge is 2.04. The molecule has 0 saturated carbocycles. The van der Waals surface area contributed by atoms with Crippen molar-refractivity contribution < 1.29 is 16.4 Å². The average molecular weight is 103 g/mol. The minimum Gasteiger partial charge on any atom is -0.479 e. The summed E-state index contributed by atoms with van der Waals surface area (Å²) in [6.07, 6.45) is -1.89. The summed E-state index contributed by atoms with van der Waals surface area (Å²) < 4.78 is 6.47. The molecule has 0 aromatic heterocycles. The second-order valence-corrected chi connectivity index (χ2v) is 0.895. The van der Waals surface area contributed by atoms with Crippen LogP contribution in [0, 0.1) is 0 Å². The van der Waals surface area contributed by atoms with Crippen LogP contribution in [-0.4, -0.2) is 22.3 Å². The van der Waals surface area contributed by atoms with Crippen LogP contribution in [0.3, 0.4) is 0 Å². The van der Waals surface area contributed by atoms with E-state index in [4.69, 9.17) is 11.6 Å². The summed E-state index contributed by atoms with van der Waals surface area (Å²) in [4.78, 5) is 9.74. The number of carboxylic acids is 1. The third-order valence-electron chi connectivity index (χ3n) is 0.412. The van der Waals surface area contributed by atoms with Gasteiger partial charge in [0, 0.05) is 0 Å². The van der Waals surface area contributed by atoms with Gasteiger partial charge >= 0.3 is 5.97 Å². The first-order chi connectivity index (χ1) is 3.50. The maximum atomic E-state index is 9.74. The summed E-state index contributed by atoms with van der Waals surface area (Å²) in [7, 11) is 0. The molecule has 0 aromatic carbocycles. The Morgan fingerprint density at radius 2 is 2.57 bits per heavy atom. The minimum absolute atomic E-state index is 0.634. The first-order valence-electron chi connectivity index (χ1n) is 2.10. The monoisotopic (exact) mass is 103 g/mol. The van der Waals surface area contributed by atoms with Crippen LogP contribution in [0.2, 0.25) is 0 Å². The van der Waals surface area contributed by atoms with E-state index in [0.29, 0.717) is 6.08 Å². The van der Waals surface area contributed by atoms with Gasteiger partial charge in [-0.15, -0.1) is 0 Å². The predicted molar refractivity (Wildman–Crippen MR) is 23.8 cm³/mol. The van der Waals surface area contributed by atoms with Gasteiger partial charge in [0.2, 0.25) is 0 Å². The zero-order chi connectivity index (χ0) is 6.78. The van der Waals surface area contributed by atoms with Gasteiger partial charge in [-0.05, 0) is 0 Å². The van der Waals surface area contributed by atoms with Crippen molar-refractivity contribution in [2.45, 2.75) is 6.08 Å². The molecule has 0 spiro atoms. The second-order valence-electron chi connectivity index (χ2n) is 0.895. The van der Waals surface area contributed by atoms with E-state index in [-0.39, 0.29) is 0 Å². The lowest BCUT2D eigenvalue weighted by Crippen LogP contribution is -2.15. The van der Waals surface area contributed by atoms with E-state index in [1.807, 2.05) is 0 Å². The summed E-state index contributed by atoms with van der Waals surface area (Å²) in [5, 5.41) is 16.3. The molecule has 0 unspecified atom stereocenters. The van der Waals surface area contributed by atoms with Crippen LogP contribution >= 0.6 is 0 Å². The molecule has 0 bridgehead atoms. The van der Waals surface area contributed by atoms with Crippen molar-refractivity contribution in [1.29, 1.82) is 0 Å². The molecule has 2 N–H and O–H groups in total. The van der Waals surface area contributed by atoms with Crippen molar-refractivity contribution in [1.82, 2.24) is 0 Å². The average Bonchev–Trinajstić information content (AvgIpc) is 1.67. The quantitative estimate of drug-likeness (QED) is 0.468. The summed E-state index contributed by atoms with van der Waals surface area (Å²) in [5.74, 6) is -1.62. The van der Waals surface area contributed by atoms with E-state index in [2.05, 4.69) is 6.58 Å². The zero-order valence-electron chi connectivity index (χ0n) is 4.59. The van der Waals surface area contributed by atoms with Gasteiger partial charge in [0.05, 0.1) is 1.37 Å². The number of aliphatic carboxylic acids is 1. The van der Waals surface area contributed by atoms with Gasteiger partial charge in [0.1, 0.15) is 0 Å². The largest absolute Gasteiger partial charge is 0.479 e. The molecule has 3 heteroatoms. The molecule has 0 radical (unpaired) electrons. The molecule has 0 aliphatic heterocycles. The molecule has 0 saturated heterocycles. The second kappa shape index (κ2) is 2.36. The van der Waals surface area contributed by atoms with E-state index in [1.165, 1.54) is 0 Å². The molecule has 0 rings (SSSR count). The molecule has 0 aliphatic carbocycles. The normalized spacial score (nSPS) is 19.3. The van der Waals surface area contributed by atoms with Crippen molar-refractivity contribution >= 4 is 5.97 Å². The number of carboxylic acid groups (broad SMARTS) is 1. The summed E-state index contributed by atoms with van der Waals surface area (Å²) in [5.41, 5.74) is 0. The Kier molecular flexibility index (Phi) is 1.46. The Bertz CT molecular complexity index is 118. The van der Waals surface area contributed by atoms with Crippen molar-refractivity contribution in [3.63, 3.8) is 0 Å². The topological polar surface area (TPSA) is 57.5 Å². The summed E-state index contributed by atoms with van der Waals surface area (Å²) >= 11 is 0. The molecule has 1 atom stereocenters. The lowest BCUT2D eigenvalue weighted by atomic mass is 10.4. The number of aliphatic hydroxyl groups is 1. The van der Waals surface area contributed by atoms with Gasteiger partial charge in [-0.1, -0.05) is 12.7 Å². The fraction of sp³-hybridized carbons (Fsp3) is 0.250. The van der Waals surface area contributed by atoms with Crippen molar-refractivity contribution in [3.8, 4) is 0 Å². The molecular formula is C4H6O3. The molecule has 40 valence electrons. The third kappa shape index (κ3) is 1.94. The molecule has 0 heterocycles. The smallest absolute Gasteiger partial charge is 0.336 e. The standard InChI is InChI=1S/C4H6O3/c1-2-3(5)4(6)7/h2-3,5H,1H2,(H,6,7)/t3-/m0/s1/i3D. The Balaban J connectivity index is 4.12. The highest BCUT2D eigenvalue weighted by atomic mass is 16.4.